The van der Waals surface area contributed by atoms with Crippen molar-refractivity contribution in [3.05, 3.63) is 78.0 Å². The zero-order valence-electron chi connectivity index (χ0n) is 33.3. The molecule has 0 bridgehead atoms. The van der Waals surface area contributed by atoms with Crippen LogP contribution in [0.1, 0.15) is 92.3 Å². The normalized spacial score (nSPS) is 13.8. The van der Waals surface area contributed by atoms with Crippen LogP contribution in [0.15, 0.2) is 71.8 Å². The number of ether oxygens (including phenoxy) is 4. The number of rotatable bonds is 13. The van der Waals surface area contributed by atoms with Gasteiger partial charge in [0.15, 0.2) is 27.2 Å². The Balaban J connectivity index is 1.52. The average Bonchev–Trinajstić information content (AvgIpc) is 3.96. The lowest BCUT2D eigenvalue weighted by Crippen LogP contribution is -2.44. The molecule has 3 aromatic carbocycles. The van der Waals surface area contributed by atoms with E-state index in [0.29, 0.717) is 63.4 Å². The van der Waals surface area contributed by atoms with Crippen molar-refractivity contribution < 1.29 is 41.7 Å². The maximum Gasteiger partial charge on any atom is 0.425 e. The summed E-state index contributed by atoms with van der Waals surface area (Å²) >= 11 is 0. The Kier molecular flexibility index (Phi) is 12.5. The van der Waals surface area contributed by atoms with E-state index >= 15 is 0 Å². The zero-order chi connectivity index (χ0) is 41.0. The summed E-state index contributed by atoms with van der Waals surface area (Å²) in [5.41, 5.74) is -0.364. The SMILES string of the molecule is CCOc1cc(C(Nc2ccc3c(N(C(=O)OC(C)(C)C)C(=O)OC(C)(C)C)nncc3c2)C(=O)NCc2ccccc2S(=O)(=O)C2CC2)ccc1OC(C)C. The number of nitrogens with one attached hydrogen (secondary N) is 2. The first-order valence-corrected chi connectivity index (χ1v) is 20.1. The largest absolute Gasteiger partial charge is 0.490 e. The highest BCUT2D eigenvalue weighted by Gasteiger charge is 2.38. The molecule has 0 aliphatic heterocycles. The molecule has 1 saturated carbocycles. The van der Waals surface area contributed by atoms with E-state index in [1.54, 1.807) is 102 Å². The first kappa shape index (κ1) is 41.7. The molecule has 0 saturated heterocycles. The lowest BCUT2D eigenvalue weighted by Gasteiger charge is -2.28. The van der Waals surface area contributed by atoms with Crippen molar-refractivity contribution in [3.8, 4) is 11.5 Å². The first-order valence-electron chi connectivity index (χ1n) is 18.6. The summed E-state index contributed by atoms with van der Waals surface area (Å²) in [7, 11) is -3.52. The number of anilines is 2. The molecule has 15 heteroatoms. The number of hydrogen-bond donors (Lipinski definition) is 2. The molecule has 14 nitrogen and oxygen atoms in total. The standard InChI is InChI=1S/C41H51N5O9S/c1-10-52-33-22-26(15-20-32(33)53-25(2)3)35(37(47)42-23-27-13-11-12-14-34(27)56(50,51)30-17-18-30)44-29-16-19-31-28(21-29)24-43-45-36(31)46(38(48)54-40(4,5)6)39(49)55-41(7,8)9/h11-16,19-22,24-25,30,35,44H,10,17-18,23H2,1-9H3,(H,42,47). The molecule has 1 aliphatic carbocycles. The lowest BCUT2D eigenvalue weighted by atomic mass is 10.0. The van der Waals surface area contributed by atoms with Gasteiger partial charge in [0.25, 0.3) is 0 Å². The molecule has 1 unspecified atom stereocenters. The molecule has 1 aliphatic rings. The van der Waals surface area contributed by atoms with E-state index in [1.807, 2.05) is 20.8 Å². The summed E-state index contributed by atoms with van der Waals surface area (Å²) in [6, 6.07) is 15.9. The Bertz CT molecular complexity index is 2160. The minimum Gasteiger partial charge on any atom is -0.490 e. The smallest absolute Gasteiger partial charge is 0.425 e. The maximum atomic E-state index is 14.2. The van der Waals surface area contributed by atoms with Crippen LogP contribution >= 0.6 is 0 Å². The van der Waals surface area contributed by atoms with Gasteiger partial charge in [-0.2, -0.15) is 10.00 Å². The maximum absolute atomic E-state index is 14.2. The molecule has 4 aromatic rings. The number of amides is 3. The van der Waals surface area contributed by atoms with Crippen LogP contribution in [0.2, 0.25) is 0 Å². The number of fused-ring (bicyclic) bond motifs is 1. The summed E-state index contributed by atoms with van der Waals surface area (Å²) in [4.78, 5) is 42.0. The van der Waals surface area contributed by atoms with Gasteiger partial charge in [-0.15, -0.1) is 5.10 Å². The van der Waals surface area contributed by atoms with Crippen LogP contribution in [0, 0.1) is 0 Å². The summed E-state index contributed by atoms with van der Waals surface area (Å²) in [5.74, 6) is 0.411. The molecule has 56 heavy (non-hydrogen) atoms. The van der Waals surface area contributed by atoms with Crippen molar-refractivity contribution >= 4 is 50.2 Å². The summed E-state index contributed by atoms with van der Waals surface area (Å²) < 4.78 is 49.4. The number of benzene rings is 3. The number of imide groups is 1. The fraction of sp³-hybridized carbons (Fsp3) is 0.439. The minimum atomic E-state index is -3.52. The van der Waals surface area contributed by atoms with Gasteiger partial charge in [-0.05, 0) is 123 Å². The quantitative estimate of drug-likeness (QED) is 0.134. The molecule has 5 rings (SSSR count). The average molecular weight is 790 g/mol. The molecular weight excluding hydrogens is 739 g/mol. The molecular formula is C41H51N5O9S. The van der Waals surface area contributed by atoms with Gasteiger partial charge < -0.3 is 29.6 Å². The third-order valence-electron chi connectivity index (χ3n) is 8.24. The molecule has 1 fully saturated rings. The molecule has 1 heterocycles. The van der Waals surface area contributed by atoms with E-state index in [9.17, 15) is 22.8 Å². The first-order chi connectivity index (χ1) is 26.3. The van der Waals surface area contributed by atoms with Gasteiger partial charge >= 0.3 is 12.2 Å². The molecule has 0 spiro atoms. The number of carbonyl (C=O) groups excluding carboxylic acids is 3. The topological polar surface area (TPSA) is 175 Å². The number of nitrogens with zero attached hydrogens (tertiary/aromatic N) is 3. The van der Waals surface area contributed by atoms with Crippen LogP contribution in [-0.2, 0) is 30.7 Å². The summed E-state index contributed by atoms with van der Waals surface area (Å²) in [6.45, 7) is 16.0. The van der Waals surface area contributed by atoms with E-state index in [0.717, 1.165) is 0 Å². The van der Waals surface area contributed by atoms with Gasteiger partial charge in [0.2, 0.25) is 5.91 Å². The lowest BCUT2D eigenvalue weighted by molar-refractivity contribution is -0.122. The highest BCUT2D eigenvalue weighted by atomic mass is 32.2. The van der Waals surface area contributed by atoms with E-state index in [1.165, 1.54) is 6.20 Å². The molecule has 2 N–H and O–H groups in total. The summed E-state index contributed by atoms with van der Waals surface area (Å²) in [5, 5.41) is 14.9. The van der Waals surface area contributed by atoms with Crippen molar-refractivity contribution in [1.82, 2.24) is 15.5 Å². The van der Waals surface area contributed by atoms with Crippen molar-refractivity contribution in [2.24, 2.45) is 0 Å². The third-order valence-corrected chi connectivity index (χ3v) is 10.6. The van der Waals surface area contributed by atoms with Crippen molar-refractivity contribution in [1.29, 1.82) is 0 Å². The van der Waals surface area contributed by atoms with Gasteiger partial charge in [0.05, 0.1) is 29.1 Å². The Morgan fingerprint density at radius 2 is 1.55 bits per heavy atom. The Labute approximate surface area is 328 Å². The molecule has 0 radical (unpaired) electrons. The van der Waals surface area contributed by atoms with Crippen LogP contribution in [-0.4, -0.2) is 65.9 Å². The van der Waals surface area contributed by atoms with Gasteiger partial charge in [-0.25, -0.2) is 18.0 Å². The van der Waals surface area contributed by atoms with E-state index in [-0.39, 0.29) is 23.4 Å². The Hall–Kier alpha value is -5.44. The number of aromatic nitrogens is 2. The number of hydrogen-bond acceptors (Lipinski definition) is 12. The second kappa shape index (κ2) is 16.7. The molecule has 1 atom stereocenters. The van der Waals surface area contributed by atoms with Gasteiger partial charge in [0.1, 0.15) is 17.2 Å². The Morgan fingerprint density at radius 3 is 2.16 bits per heavy atom. The van der Waals surface area contributed by atoms with Crippen molar-refractivity contribution in [2.45, 2.75) is 115 Å². The highest BCUT2D eigenvalue weighted by molar-refractivity contribution is 7.92. The Morgan fingerprint density at radius 1 is 0.893 bits per heavy atom. The zero-order valence-corrected chi connectivity index (χ0v) is 34.2. The van der Waals surface area contributed by atoms with Gasteiger partial charge in [0, 0.05) is 23.0 Å². The predicted molar refractivity (Wildman–Crippen MR) is 213 cm³/mol. The van der Waals surface area contributed by atoms with Crippen molar-refractivity contribution in [2.75, 3.05) is 16.8 Å². The second-order valence-corrected chi connectivity index (χ2v) is 17.9. The van der Waals surface area contributed by atoms with Crippen LogP contribution in [0.25, 0.3) is 10.8 Å². The molecule has 300 valence electrons. The van der Waals surface area contributed by atoms with Gasteiger partial charge in [-0.3, -0.25) is 4.79 Å². The summed E-state index contributed by atoms with van der Waals surface area (Å²) in [6.07, 6.45) is 0.586. The third kappa shape index (κ3) is 10.4. The van der Waals surface area contributed by atoms with Gasteiger partial charge in [-0.1, -0.05) is 24.3 Å². The molecule has 1 aromatic heterocycles. The number of carbonyl (C=O) groups is 3. The minimum absolute atomic E-state index is 0.0339. The predicted octanol–water partition coefficient (Wildman–Crippen LogP) is 7.90. The van der Waals surface area contributed by atoms with Crippen LogP contribution in [0.4, 0.5) is 21.1 Å². The fourth-order valence-corrected chi connectivity index (χ4v) is 7.64. The van der Waals surface area contributed by atoms with Crippen LogP contribution < -0.4 is 25.0 Å². The van der Waals surface area contributed by atoms with E-state index < -0.39 is 50.4 Å². The van der Waals surface area contributed by atoms with Crippen LogP contribution in [0.5, 0.6) is 11.5 Å². The van der Waals surface area contributed by atoms with Crippen LogP contribution in [0.3, 0.4) is 0 Å². The highest BCUT2D eigenvalue weighted by Crippen LogP contribution is 2.36. The second-order valence-electron chi connectivity index (χ2n) is 15.7. The molecule has 3 amide bonds. The van der Waals surface area contributed by atoms with E-state index in [2.05, 4.69) is 20.8 Å². The van der Waals surface area contributed by atoms with E-state index in [4.69, 9.17) is 18.9 Å². The fourth-order valence-electron chi connectivity index (χ4n) is 5.75. The van der Waals surface area contributed by atoms with Crippen molar-refractivity contribution in [3.63, 3.8) is 0 Å². The number of sulfone groups is 1. The monoisotopic (exact) mass is 789 g/mol.